The van der Waals surface area contributed by atoms with E-state index in [9.17, 15) is 15.2 Å². The molecule has 0 saturated carbocycles. The maximum Gasteiger partial charge on any atom is 0.150 e. The first-order valence-corrected chi connectivity index (χ1v) is 13.0. The molecule has 37 heavy (non-hydrogen) atoms. The van der Waals surface area contributed by atoms with Crippen LogP contribution in [0.2, 0.25) is 10.0 Å². The minimum Gasteiger partial charge on any atom is -0.394 e. The van der Waals surface area contributed by atoms with Crippen LogP contribution < -0.4 is 5.32 Å². The average molecular weight is 553 g/mol. The van der Waals surface area contributed by atoms with Gasteiger partial charge in [-0.15, -0.1) is 0 Å². The van der Waals surface area contributed by atoms with Crippen LogP contribution in [0.5, 0.6) is 0 Å². The van der Waals surface area contributed by atoms with Crippen LogP contribution in [0.3, 0.4) is 0 Å². The molecule has 0 spiro atoms. The monoisotopic (exact) mass is 552 g/mol. The van der Waals surface area contributed by atoms with E-state index in [4.69, 9.17) is 28.3 Å². The van der Waals surface area contributed by atoms with Gasteiger partial charge in [0.05, 0.1) is 24.8 Å². The Balaban J connectivity index is 2.24. The summed E-state index contributed by atoms with van der Waals surface area (Å²) in [4.78, 5) is 13.6. The van der Waals surface area contributed by atoms with Crippen molar-refractivity contribution >= 4 is 29.0 Å². The maximum absolute atomic E-state index is 15.6. The Hall–Kier alpha value is -2.08. The first-order chi connectivity index (χ1) is 17.3. The van der Waals surface area contributed by atoms with Gasteiger partial charge in [0.2, 0.25) is 0 Å². The molecule has 1 heterocycles. The van der Waals surface area contributed by atoms with Gasteiger partial charge in [-0.05, 0) is 54.5 Å². The number of aliphatic hydroxyl groups is 2. The molecular weight excluding hydrogens is 521 g/mol. The van der Waals surface area contributed by atoms with E-state index < -0.39 is 53.3 Å². The zero-order valence-electron chi connectivity index (χ0n) is 21.1. The van der Waals surface area contributed by atoms with Crippen LogP contribution in [-0.4, -0.2) is 40.8 Å². The van der Waals surface area contributed by atoms with Crippen molar-refractivity contribution in [3.63, 3.8) is 0 Å². The van der Waals surface area contributed by atoms with E-state index in [0.29, 0.717) is 23.4 Å². The highest BCUT2D eigenvalue weighted by molar-refractivity contribution is 6.30. The molecule has 3 rings (SSSR count). The summed E-state index contributed by atoms with van der Waals surface area (Å²) in [6.07, 6.45) is -0.0508. The molecule has 0 amide bonds. The lowest BCUT2D eigenvalue weighted by molar-refractivity contribution is -0.121. The second kappa shape index (κ2) is 11.8. The third kappa shape index (κ3) is 6.32. The van der Waals surface area contributed by atoms with Crippen LogP contribution in [-0.2, 0) is 10.2 Å². The summed E-state index contributed by atoms with van der Waals surface area (Å²) in [7, 11) is 0. The molecule has 1 fully saturated rings. The van der Waals surface area contributed by atoms with Crippen LogP contribution in [0.4, 0.5) is 8.78 Å². The molecule has 1 aliphatic heterocycles. The van der Waals surface area contributed by atoms with Crippen molar-refractivity contribution in [2.45, 2.75) is 76.0 Å². The van der Waals surface area contributed by atoms with Gasteiger partial charge in [-0.3, -0.25) is 4.79 Å². The second-order valence-electron chi connectivity index (χ2n) is 10.9. The Morgan fingerprint density at radius 1 is 1.19 bits per heavy atom. The smallest absolute Gasteiger partial charge is 0.150 e. The van der Waals surface area contributed by atoms with Gasteiger partial charge in [0.25, 0.3) is 0 Å². The molecule has 0 aliphatic carbocycles. The number of Topliss-reactive ketones (excluding diaryl/α,β-unsaturated/α-hetero) is 1. The molecule has 2 aromatic rings. The Morgan fingerprint density at radius 2 is 1.84 bits per heavy atom. The zero-order valence-corrected chi connectivity index (χ0v) is 22.6. The van der Waals surface area contributed by atoms with E-state index in [0.717, 1.165) is 12.1 Å². The van der Waals surface area contributed by atoms with Crippen molar-refractivity contribution in [1.82, 2.24) is 5.32 Å². The first-order valence-electron chi connectivity index (χ1n) is 12.2. The van der Waals surface area contributed by atoms with Crippen molar-refractivity contribution < 1.29 is 23.8 Å². The van der Waals surface area contributed by atoms with Crippen molar-refractivity contribution in [3.8, 4) is 6.07 Å². The molecule has 5 nitrogen and oxygen atoms in total. The highest BCUT2D eigenvalue weighted by atomic mass is 35.5. The van der Waals surface area contributed by atoms with Crippen LogP contribution in [0.1, 0.15) is 63.5 Å². The molecule has 1 saturated heterocycles. The van der Waals surface area contributed by atoms with Gasteiger partial charge in [-0.1, -0.05) is 56.1 Å². The molecule has 3 N–H and O–H groups in total. The number of ketones is 1. The van der Waals surface area contributed by atoms with E-state index in [1.165, 1.54) is 0 Å². The van der Waals surface area contributed by atoms with E-state index in [-0.39, 0.29) is 29.1 Å². The Kier molecular flexibility index (Phi) is 9.36. The number of nitrogens with zero attached hydrogens (tertiary/aromatic N) is 1. The minimum absolute atomic E-state index is 0.0428. The molecule has 0 bridgehead atoms. The number of aliphatic hydroxyl groups excluding tert-OH is 2. The molecule has 0 aromatic heterocycles. The largest absolute Gasteiger partial charge is 0.394 e. The van der Waals surface area contributed by atoms with Crippen LogP contribution in [0.25, 0.3) is 0 Å². The molecule has 5 atom stereocenters. The number of hydrogen-bond donors (Lipinski definition) is 3. The molecular formula is C28H32Cl2F2N2O3. The summed E-state index contributed by atoms with van der Waals surface area (Å²) in [6, 6.07) is 9.10. The van der Waals surface area contributed by atoms with E-state index in [1.54, 1.807) is 24.3 Å². The predicted molar refractivity (Wildman–Crippen MR) is 140 cm³/mol. The number of carbonyl (C=O) groups excluding carboxylic acids is 1. The molecule has 9 heteroatoms. The summed E-state index contributed by atoms with van der Waals surface area (Å²) < 4.78 is 31.1. The summed E-state index contributed by atoms with van der Waals surface area (Å²) in [5, 5.41) is 33.1. The van der Waals surface area contributed by atoms with Gasteiger partial charge in [-0.2, -0.15) is 5.26 Å². The van der Waals surface area contributed by atoms with Gasteiger partial charge in [0.1, 0.15) is 22.8 Å². The molecule has 0 unspecified atom stereocenters. The SMILES string of the molecule is CC(C)(C)C[C@@H]1N[C@@H](C(=O)CCC[C@H](O)CO)[C@H](c2cccc(Cl)c2)[C@@]1(C#N)c1c(F)cc(Cl)cc1F. The Morgan fingerprint density at radius 3 is 2.38 bits per heavy atom. The predicted octanol–water partition coefficient (Wildman–Crippen LogP) is 5.69. The van der Waals surface area contributed by atoms with Crippen LogP contribution in [0.15, 0.2) is 36.4 Å². The summed E-state index contributed by atoms with van der Waals surface area (Å²) in [5.74, 6) is -3.15. The fraction of sp³-hybridized carbons (Fsp3) is 0.500. The van der Waals surface area contributed by atoms with Crippen molar-refractivity contribution in [1.29, 1.82) is 5.26 Å². The number of nitriles is 1. The van der Waals surface area contributed by atoms with Crippen molar-refractivity contribution in [3.05, 3.63) is 69.2 Å². The zero-order chi connectivity index (χ0) is 27.5. The van der Waals surface area contributed by atoms with Gasteiger partial charge < -0.3 is 15.5 Å². The number of rotatable bonds is 9. The molecule has 0 radical (unpaired) electrons. The normalized spacial score (nSPS) is 24.6. The van der Waals surface area contributed by atoms with Gasteiger partial charge in [0, 0.05) is 34.0 Å². The summed E-state index contributed by atoms with van der Waals surface area (Å²) in [6.45, 7) is 5.43. The average Bonchev–Trinajstić information content (AvgIpc) is 3.11. The van der Waals surface area contributed by atoms with Gasteiger partial charge in [0.15, 0.2) is 0 Å². The van der Waals surface area contributed by atoms with Crippen LogP contribution in [0, 0.1) is 28.4 Å². The van der Waals surface area contributed by atoms with Gasteiger partial charge in [-0.25, -0.2) is 8.78 Å². The van der Waals surface area contributed by atoms with E-state index in [1.807, 2.05) is 20.8 Å². The number of carbonyl (C=O) groups is 1. The fourth-order valence-electron chi connectivity index (χ4n) is 5.42. The van der Waals surface area contributed by atoms with Gasteiger partial charge >= 0.3 is 0 Å². The molecule has 1 aliphatic rings. The lowest BCUT2D eigenvalue weighted by Crippen LogP contribution is -2.45. The van der Waals surface area contributed by atoms with Crippen molar-refractivity contribution in [2.75, 3.05) is 6.61 Å². The second-order valence-corrected chi connectivity index (χ2v) is 11.8. The third-order valence-corrected chi connectivity index (χ3v) is 7.36. The summed E-state index contributed by atoms with van der Waals surface area (Å²) in [5.41, 5.74) is -2.10. The Bertz CT molecular complexity index is 1160. The minimum atomic E-state index is -1.80. The lowest BCUT2D eigenvalue weighted by Gasteiger charge is -2.37. The third-order valence-electron chi connectivity index (χ3n) is 6.90. The summed E-state index contributed by atoms with van der Waals surface area (Å²) >= 11 is 12.2. The van der Waals surface area contributed by atoms with E-state index in [2.05, 4.69) is 11.4 Å². The maximum atomic E-state index is 15.6. The fourth-order valence-corrected chi connectivity index (χ4v) is 5.81. The highest BCUT2D eigenvalue weighted by Crippen LogP contribution is 2.53. The Labute approximate surface area is 226 Å². The number of nitrogens with one attached hydrogen (secondary N) is 1. The quantitative estimate of drug-likeness (QED) is 0.371. The number of benzene rings is 2. The highest BCUT2D eigenvalue weighted by Gasteiger charge is 2.61. The first kappa shape index (κ1) is 29.5. The van der Waals surface area contributed by atoms with E-state index >= 15 is 8.78 Å². The standard InChI is InChI=1S/C28H32Cl2F2N2O3/c1-27(2,3)13-23-28(15-33,25-20(31)11-18(30)12-21(25)32)24(16-6-4-7-17(29)10-16)26(34-23)22(37)9-5-8-19(36)14-35/h4,6-7,10-12,19,23-24,26,34-36H,5,8-9,13-14H2,1-3H3/t19-,23-,24-,26-,28-/m0/s1. The molecule has 2 aromatic carbocycles. The number of hydrogen-bond acceptors (Lipinski definition) is 5. The molecule has 200 valence electrons. The number of halogens is 4. The topological polar surface area (TPSA) is 93.3 Å². The lowest BCUT2D eigenvalue weighted by atomic mass is 9.62. The van der Waals surface area contributed by atoms with Crippen molar-refractivity contribution in [2.24, 2.45) is 5.41 Å². The van der Waals surface area contributed by atoms with Crippen LogP contribution >= 0.6 is 23.2 Å².